The van der Waals surface area contributed by atoms with Crippen LogP contribution in [0, 0.1) is 11.7 Å². The van der Waals surface area contributed by atoms with Crippen LogP contribution < -0.4 is 0 Å². The van der Waals surface area contributed by atoms with E-state index in [-0.39, 0.29) is 17.6 Å². The number of aromatic amines is 1. The molecule has 3 heterocycles. The zero-order chi connectivity index (χ0) is 25.4. The molecular formula is C27H30FN5O3. The van der Waals surface area contributed by atoms with E-state index in [1.165, 1.54) is 30.7 Å². The maximum Gasteiger partial charge on any atom is 0.253 e. The number of nitrogens with one attached hydrogen (secondary N) is 1. The van der Waals surface area contributed by atoms with Gasteiger partial charge >= 0.3 is 0 Å². The van der Waals surface area contributed by atoms with Crippen LogP contribution >= 0.6 is 0 Å². The number of carbonyl (C=O) groups is 1. The number of halogens is 1. The Bertz CT molecular complexity index is 1350. The van der Waals surface area contributed by atoms with Gasteiger partial charge in [-0.05, 0) is 81.8 Å². The second-order valence-electron chi connectivity index (χ2n) is 9.98. The summed E-state index contributed by atoms with van der Waals surface area (Å²) in [6.45, 7) is 4.23. The van der Waals surface area contributed by atoms with Gasteiger partial charge in [-0.1, -0.05) is 12.1 Å². The Kier molecular flexibility index (Phi) is 6.26. The summed E-state index contributed by atoms with van der Waals surface area (Å²) in [7, 11) is 0. The number of aromatic nitrogens is 4. The maximum atomic E-state index is 13.6. The van der Waals surface area contributed by atoms with E-state index in [1.54, 1.807) is 17.0 Å². The van der Waals surface area contributed by atoms with Crippen LogP contribution in [0.4, 0.5) is 4.39 Å². The molecule has 0 bridgehead atoms. The smallest absolute Gasteiger partial charge is 0.253 e. The van der Waals surface area contributed by atoms with Gasteiger partial charge in [-0.25, -0.2) is 9.37 Å². The molecule has 0 radical (unpaired) electrons. The van der Waals surface area contributed by atoms with Crippen LogP contribution in [0.3, 0.4) is 0 Å². The first-order valence-corrected chi connectivity index (χ1v) is 12.2. The first kappa shape index (κ1) is 24.0. The number of fused-ring (bicyclic) bond motifs is 1. The molecule has 188 valence electrons. The summed E-state index contributed by atoms with van der Waals surface area (Å²) < 4.78 is 15.0. The topological polar surface area (TPSA) is 107 Å². The molecule has 1 amide bonds. The van der Waals surface area contributed by atoms with E-state index in [2.05, 4.69) is 15.1 Å². The summed E-state index contributed by atoms with van der Waals surface area (Å²) in [5, 5.41) is 25.9. The zero-order valence-corrected chi connectivity index (χ0v) is 20.4. The van der Waals surface area contributed by atoms with Crippen LogP contribution in [-0.2, 0) is 11.2 Å². The Balaban J connectivity index is 1.39. The molecule has 9 heteroatoms. The van der Waals surface area contributed by atoms with Gasteiger partial charge in [-0.2, -0.15) is 9.78 Å². The molecule has 36 heavy (non-hydrogen) atoms. The molecule has 0 spiro atoms. The Morgan fingerprint density at radius 3 is 2.50 bits per heavy atom. The van der Waals surface area contributed by atoms with Gasteiger partial charge in [0, 0.05) is 24.2 Å². The molecule has 2 aromatic heterocycles. The third kappa shape index (κ3) is 4.70. The van der Waals surface area contributed by atoms with E-state index in [0.29, 0.717) is 48.2 Å². The lowest BCUT2D eigenvalue weighted by Gasteiger charge is -2.35. The van der Waals surface area contributed by atoms with E-state index in [0.717, 1.165) is 30.3 Å². The fourth-order valence-corrected chi connectivity index (χ4v) is 4.86. The van der Waals surface area contributed by atoms with Crippen molar-refractivity contribution in [3.63, 3.8) is 0 Å². The summed E-state index contributed by atoms with van der Waals surface area (Å²) in [6, 6.07) is 13.7. The van der Waals surface area contributed by atoms with Crippen molar-refractivity contribution in [2.45, 2.75) is 45.1 Å². The number of likely N-dealkylation sites (tertiary alicyclic amines) is 1. The monoisotopic (exact) mass is 491 g/mol. The molecule has 1 fully saturated rings. The summed E-state index contributed by atoms with van der Waals surface area (Å²) in [5.74, 6) is 0.188. The van der Waals surface area contributed by atoms with Gasteiger partial charge in [-0.3, -0.25) is 4.79 Å². The predicted octanol–water partition coefficient (Wildman–Crippen LogP) is 4.20. The number of rotatable bonds is 6. The minimum Gasteiger partial charge on any atom is -0.493 e. The van der Waals surface area contributed by atoms with Gasteiger partial charge in [0.1, 0.15) is 17.1 Å². The molecule has 3 N–H and O–H groups in total. The normalized spacial score (nSPS) is 15.1. The molecule has 0 atom stereocenters. The molecule has 8 nitrogen and oxygen atoms in total. The largest absolute Gasteiger partial charge is 0.493 e. The van der Waals surface area contributed by atoms with Gasteiger partial charge in [0.05, 0.1) is 11.0 Å². The highest BCUT2D eigenvalue weighted by atomic mass is 19.1. The minimum atomic E-state index is -1.37. The van der Waals surface area contributed by atoms with Gasteiger partial charge in [0.2, 0.25) is 11.8 Å². The van der Waals surface area contributed by atoms with E-state index in [4.69, 9.17) is 0 Å². The highest BCUT2D eigenvalue weighted by Gasteiger charge is 2.32. The number of amides is 1. The number of piperidine rings is 1. The summed E-state index contributed by atoms with van der Waals surface area (Å²) >= 11 is 0. The molecule has 0 saturated carbocycles. The van der Waals surface area contributed by atoms with Gasteiger partial charge < -0.3 is 20.1 Å². The zero-order valence-electron chi connectivity index (χ0n) is 20.4. The number of hydrogen-bond acceptors (Lipinski definition) is 5. The van der Waals surface area contributed by atoms with Crippen molar-refractivity contribution in [3.8, 4) is 23.1 Å². The number of benzene rings is 2. The number of carbonyl (C=O) groups excluding carboxylic acids is 1. The van der Waals surface area contributed by atoms with Crippen molar-refractivity contribution in [2.75, 3.05) is 13.1 Å². The number of hydrogen-bond donors (Lipinski definition) is 3. The number of para-hydroxylation sites is 2. The maximum absolute atomic E-state index is 13.6. The summed E-state index contributed by atoms with van der Waals surface area (Å²) in [5.41, 5.74) is 2.20. The number of H-pyrrole nitrogens is 1. The second kappa shape index (κ2) is 9.39. The van der Waals surface area contributed by atoms with Gasteiger partial charge in [0.25, 0.3) is 5.91 Å². The number of aromatic hydroxyl groups is 1. The van der Waals surface area contributed by atoms with Crippen LogP contribution in [0.15, 0.2) is 48.5 Å². The van der Waals surface area contributed by atoms with Crippen molar-refractivity contribution >= 4 is 16.9 Å². The van der Waals surface area contributed by atoms with Crippen LogP contribution in [0.25, 0.3) is 28.2 Å². The van der Waals surface area contributed by atoms with E-state index < -0.39 is 5.60 Å². The highest BCUT2D eigenvalue weighted by molar-refractivity contribution is 5.84. The quantitative estimate of drug-likeness (QED) is 0.375. The second-order valence-corrected chi connectivity index (χ2v) is 9.98. The van der Waals surface area contributed by atoms with Crippen molar-refractivity contribution in [1.29, 1.82) is 0 Å². The molecule has 4 aromatic rings. The average Bonchev–Trinajstić information content (AvgIpc) is 3.43. The van der Waals surface area contributed by atoms with E-state index >= 15 is 0 Å². The Hall–Kier alpha value is -3.72. The average molecular weight is 492 g/mol. The molecule has 0 unspecified atom stereocenters. The lowest BCUT2D eigenvalue weighted by atomic mass is 9.89. The molecule has 1 aliphatic rings. The Morgan fingerprint density at radius 1 is 1.14 bits per heavy atom. The SMILES string of the molecule is CC(C)(O)C(=O)N1CCC(CCc2c(-c3ccc(F)cc3)nn(-c3nc4ccccc4[nH]3)c2O)CC1. The lowest BCUT2D eigenvalue weighted by molar-refractivity contribution is -0.149. The minimum absolute atomic E-state index is 0.00280. The van der Waals surface area contributed by atoms with Crippen molar-refractivity contribution in [1.82, 2.24) is 24.6 Å². The molecule has 1 saturated heterocycles. The van der Waals surface area contributed by atoms with Crippen LogP contribution in [0.2, 0.25) is 0 Å². The molecule has 5 rings (SSSR count). The van der Waals surface area contributed by atoms with Gasteiger partial charge in [-0.15, -0.1) is 0 Å². The van der Waals surface area contributed by atoms with Crippen molar-refractivity contribution < 1.29 is 19.4 Å². The predicted molar refractivity (Wildman–Crippen MR) is 134 cm³/mol. The number of nitrogens with zero attached hydrogens (tertiary/aromatic N) is 4. The van der Waals surface area contributed by atoms with Crippen LogP contribution in [-0.4, -0.2) is 59.5 Å². The molecule has 1 aliphatic heterocycles. The standard InChI is InChI=1S/C27H30FN5O3/c1-27(2,36)25(35)32-15-13-17(14-16-32)7-12-20-23(18-8-10-19(28)11-9-18)31-33(24(20)34)26-29-21-5-3-4-6-22(21)30-26/h3-6,8-11,17,34,36H,7,12-16H2,1-2H3,(H,29,30). The fraction of sp³-hybridized carbons (Fsp3) is 0.370. The molecule has 0 aliphatic carbocycles. The van der Waals surface area contributed by atoms with Crippen molar-refractivity contribution in [2.24, 2.45) is 5.92 Å². The number of aliphatic hydroxyl groups is 1. The molecular weight excluding hydrogens is 461 g/mol. The fourth-order valence-electron chi connectivity index (χ4n) is 4.86. The molecule has 2 aromatic carbocycles. The van der Waals surface area contributed by atoms with E-state index in [1.807, 2.05) is 24.3 Å². The Morgan fingerprint density at radius 2 is 1.83 bits per heavy atom. The highest BCUT2D eigenvalue weighted by Crippen LogP contribution is 2.35. The van der Waals surface area contributed by atoms with Crippen LogP contribution in [0.5, 0.6) is 5.88 Å². The Labute approximate surface area is 208 Å². The first-order chi connectivity index (χ1) is 17.2. The third-order valence-electron chi connectivity index (χ3n) is 6.88. The number of imidazole rings is 1. The summed E-state index contributed by atoms with van der Waals surface area (Å²) in [4.78, 5) is 21.9. The van der Waals surface area contributed by atoms with Crippen molar-refractivity contribution in [3.05, 3.63) is 59.9 Å². The summed E-state index contributed by atoms with van der Waals surface area (Å²) in [6.07, 6.45) is 3.03. The van der Waals surface area contributed by atoms with E-state index in [9.17, 15) is 19.4 Å². The lowest BCUT2D eigenvalue weighted by Crippen LogP contribution is -2.48. The van der Waals surface area contributed by atoms with Gasteiger partial charge in [0.15, 0.2) is 0 Å². The first-order valence-electron chi connectivity index (χ1n) is 12.2. The van der Waals surface area contributed by atoms with Crippen LogP contribution in [0.1, 0.15) is 38.7 Å². The third-order valence-corrected chi connectivity index (χ3v) is 6.88.